The van der Waals surface area contributed by atoms with Gasteiger partial charge in [0.05, 0.1) is 29.5 Å². The van der Waals surface area contributed by atoms with Crippen LogP contribution in [0.4, 0.5) is 10.5 Å². The molecular weight excluding hydrogens is 362 g/mol. The van der Waals surface area contributed by atoms with E-state index in [0.29, 0.717) is 25.8 Å². The van der Waals surface area contributed by atoms with Crippen LogP contribution in [0.15, 0.2) is 12.1 Å². The van der Waals surface area contributed by atoms with Gasteiger partial charge >= 0.3 is 6.09 Å². The number of anilines is 1. The molecule has 2 rings (SSSR count). The molecule has 0 bridgehead atoms. The molecule has 1 aromatic carbocycles. The van der Waals surface area contributed by atoms with E-state index in [4.69, 9.17) is 26.8 Å². The lowest BCUT2D eigenvalue weighted by atomic mass is 9.89. The van der Waals surface area contributed by atoms with E-state index in [-0.39, 0.29) is 22.0 Å². The molecule has 0 saturated carbocycles. The zero-order valence-corrected chi connectivity index (χ0v) is 15.8. The van der Waals surface area contributed by atoms with Crippen LogP contribution in [-0.4, -0.2) is 54.5 Å². The number of ether oxygens (including phenoxy) is 2. The van der Waals surface area contributed by atoms with Gasteiger partial charge in [-0.2, -0.15) is 0 Å². The lowest BCUT2D eigenvalue weighted by Crippen LogP contribution is -2.70. The monoisotopic (exact) mass is 385 g/mol. The fourth-order valence-electron chi connectivity index (χ4n) is 3.46. The lowest BCUT2D eigenvalue weighted by molar-refractivity contribution is -0.0872. The summed E-state index contributed by atoms with van der Waals surface area (Å²) in [5, 5.41) is 12.7. The summed E-state index contributed by atoms with van der Waals surface area (Å²) < 4.78 is 10.7. The number of carbonyl (C=O) groups excluding carboxylic acids is 1. The number of likely N-dealkylation sites (tertiary alicyclic amines) is 1. The van der Waals surface area contributed by atoms with Gasteiger partial charge in [-0.1, -0.05) is 18.5 Å². The first kappa shape index (κ1) is 20.1. The third-order valence-electron chi connectivity index (χ3n) is 4.81. The fraction of sp³-hybridized carbons (Fsp3) is 0.529. The maximum atomic E-state index is 13.0. The van der Waals surface area contributed by atoms with Crippen molar-refractivity contribution in [2.24, 2.45) is 0 Å². The molecule has 2 atom stereocenters. The van der Waals surface area contributed by atoms with Crippen LogP contribution in [0.1, 0.15) is 36.5 Å². The van der Waals surface area contributed by atoms with E-state index in [2.05, 4.69) is 5.32 Å². The van der Waals surface area contributed by atoms with Gasteiger partial charge in [0, 0.05) is 19.7 Å². The Morgan fingerprint density at radius 1 is 1.46 bits per heavy atom. The molecule has 1 heterocycles. The second kappa shape index (κ2) is 8.01. The standard InChI is InChI=1S/C17H24ClN3O5/c1-4-17(14(26-3)6-5-7-21(17)16(23)24)20-15(22)10-8-11(18)12(19)9-13(10)25-2/h8-9,14H,4-7,19H2,1-3H3,(H,20,22)(H,23,24). The molecule has 4 N–H and O–H groups in total. The molecule has 1 aliphatic heterocycles. The van der Waals surface area contributed by atoms with E-state index in [0.717, 1.165) is 0 Å². The number of methoxy groups -OCH3 is 2. The van der Waals surface area contributed by atoms with Crippen LogP contribution in [0.5, 0.6) is 5.75 Å². The van der Waals surface area contributed by atoms with E-state index in [1.54, 1.807) is 6.92 Å². The van der Waals surface area contributed by atoms with E-state index >= 15 is 0 Å². The minimum atomic E-state index is -1.19. The summed E-state index contributed by atoms with van der Waals surface area (Å²) in [6, 6.07) is 2.86. The van der Waals surface area contributed by atoms with Crippen molar-refractivity contribution in [2.45, 2.75) is 38.0 Å². The van der Waals surface area contributed by atoms with Crippen LogP contribution in [0.3, 0.4) is 0 Å². The molecule has 9 heteroatoms. The molecule has 0 radical (unpaired) electrons. The number of amides is 2. The summed E-state index contributed by atoms with van der Waals surface area (Å²) in [6.07, 6.45) is 0.0370. The average molecular weight is 386 g/mol. The van der Waals surface area contributed by atoms with Gasteiger partial charge < -0.3 is 25.6 Å². The van der Waals surface area contributed by atoms with Crippen molar-refractivity contribution in [3.63, 3.8) is 0 Å². The minimum absolute atomic E-state index is 0.172. The number of piperidine rings is 1. The molecule has 26 heavy (non-hydrogen) atoms. The number of hydrogen-bond donors (Lipinski definition) is 3. The maximum absolute atomic E-state index is 13.0. The number of carbonyl (C=O) groups is 2. The summed E-state index contributed by atoms with van der Waals surface area (Å²) in [4.78, 5) is 26.0. The number of nitrogens with zero attached hydrogens (tertiary/aromatic N) is 1. The predicted octanol–water partition coefficient (Wildman–Crippen LogP) is 2.56. The largest absolute Gasteiger partial charge is 0.496 e. The zero-order chi connectivity index (χ0) is 19.5. The lowest BCUT2D eigenvalue weighted by Gasteiger charge is -2.49. The molecule has 2 amide bonds. The highest BCUT2D eigenvalue weighted by molar-refractivity contribution is 6.33. The first-order valence-electron chi connectivity index (χ1n) is 8.29. The number of carboxylic acid groups (broad SMARTS) is 1. The minimum Gasteiger partial charge on any atom is -0.496 e. The molecule has 0 aliphatic carbocycles. The molecule has 2 unspecified atom stereocenters. The van der Waals surface area contributed by atoms with Crippen molar-refractivity contribution in [2.75, 3.05) is 26.5 Å². The summed E-state index contributed by atoms with van der Waals surface area (Å²) >= 11 is 6.04. The van der Waals surface area contributed by atoms with Crippen LogP contribution in [0.2, 0.25) is 5.02 Å². The van der Waals surface area contributed by atoms with Crippen LogP contribution in [-0.2, 0) is 4.74 Å². The van der Waals surface area contributed by atoms with Crippen LogP contribution >= 0.6 is 11.6 Å². The number of rotatable bonds is 5. The van der Waals surface area contributed by atoms with Gasteiger partial charge in [0.25, 0.3) is 5.91 Å². The number of nitrogens with one attached hydrogen (secondary N) is 1. The van der Waals surface area contributed by atoms with Gasteiger partial charge in [0.1, 0.15) is 11.4 Å². The Bertz CT molecular complexity index is 699. The van der Waals surface area contributed by atoms with Crippen molar-refractivity contribution < 1.29 is 24.2 Å². The molecule has 1 saturated heterocycles. The highest BCUT2D eigenvalue weighted by atomic mass is 35.5. The highest BCUT2D eigenvalue weighted by Crippen LogP contribution is 2.34. The Kier molecular flexibility index (Phi) is 6.20. The van der Waals surface area contributed by atoms with Crippen molar-refractivity contribution in [1.29, 1.82) is 0 Å². The first-order valence-corrected chi connectivity index (χ1v) is 8.67. The van der Waals surface area contributed by atoms with E-state index in [1.807, 2.05) is 0 Å². The van der Waals surface area contributed by atoms with Gasteiger partial charge in [-0.25, -0.2) is 4.79 Å². The Labute approximate surface area is 157 Å². The summed E-state index contributed by atoms with van der Waals surface area (Å²) in [7, 11) is 2.92. The second-order valence-electron chi connectivity index (χ2n) is 6.11. The summed E-state index contributed by atoms with van der Waals surface area (Å²) in [6.45, 7) is 2.11. The fourth-order valence-corrected chi connectivity index (χ4v) is 3.62. The number of nitrogens with two attached hydrogens (primary N) is 1. The summed E-state index contributed by atoms with van der Waals surface area (Å²) in [5.74, 6) is -0.261. The quantitative estimate of drug-likeness (QED) is 0.671. The smallest absolute Gasteiger partial charge is 0.409 e. The van der Waals surface area contributed by atoms with Crippen molar-refractivity contribution >= 4 is 29.3 Å². The SMILES string of the molecule is CCC1(NC(=O)c2cc(Cl)c(N)cc2OC)C(OC)CCCN1C(=O)O. The number of nitrogen functional groups attached to an aromatic ring is 1. The molecule has 8 nitrogen and oxygen atoms in total. The Morgan fingerprint density at radius 3 is 2.69 bits per heavy atom. The van der Waals surface area contributed by atoms with Gasteiger partial charge in [-0.3, -0.25) is 9.69 Å². The molecule has 1 aliphatic rings. The number of halogens is 1. The Balaban J connectivity index is 2.45. The van der Waals surface area contributed by atoms with Crippen LogP contribution < -0.4 is 15.8 Å². The van der Waals surface area contributed by atoms with Gasteiger partial charge in [0.15, 0.2) is 0 Å². The third kappa shape index (κ3) is 3.52. The van der Waals surface area contributed by atoms with Gasteiger partial charge in [-0.15, -0.1) is 0 Å². The zero-order valence-electron chi connectivity index (χ0n) is 15.0. The topological polar surface area (TPSA) is 114 Å². The highest BCUT2D eigenvalue weighted by Gasteiger charge is 2.49. The molecule has 144 valence electrons. The predicted molar refractivity (Wildman–Crippen MR) is 97.7 cm³/mol. The van der Waals surface area contributed by atoms with Gasteiger partial charge in [-0.05, 0) is 25.3 Å². The van der Waals surface area contributed by atoms with E-state index < -0.39 is 23.8 Å². The molecule has 0 aromatic heterocycles. The molecule has 1 fully saturated rings. The molecular formula is C17H24ClN3O5. The van der Waals surface area contributed by atoms with Crippen molar-refractivity contribution in [3.8, 4) is 5.75 Å². The Hall–Kier alpha value is -2.19. The third-order valence-corrected chi connectivity index (χ3v) is 5.14. The van der Waals surface area contributed by atoms with Crippen molar-refractivity contribution in [3.05, 3.63) is 22.7 Å². The first-order chi connectivity index (χ1) is 12.3. The van der Waals surface area contributed by atoms with Crippen molar-refractivity contribution in [1.82, 2.24) is 10.2 Å². The average Bonchev–Trinajstić information content (AvgIpc) is 2.62. The summed E-state index contributed by atoms with van der Waals surface area (Å²) in [5.41, 5.74) is 5.03. The molecule has 0 spiro atoms. The number of benzene rings is 1. The maximum Gasteiger partial charge on any atom is 0.409 e. The Morgan fingerprint density at radius 2 is 2.15 bits per heavy atom. The number of hydrogen-bond acceptors (Lipinski definition) is 5. The second-order valence-corrected chi connectivity index (χ2v) is 6.51. The van der Waals surface area contributed by atoms with E-state index in [9.17, 15) is 14.7 Å². The van der Waals surface area contributed by atoms with Crippen LogP contribution in [0, 0.1) is 0 Å². The van der Waals surface area contributed by atoms with Gasteiger partial charge in [0.2, 0.25) is 0 Å². The van der Waals surface area contributed by atoms with E-state index in [1.165, 1.54) is 31.3 Å². The van der Waals surface area contributed by atoms with Crippen LogP contribution in [0.25, 0.3) is 0 Å². The molecule has 1 aromatic rings. The normalized spacial score (nSPS) is 22.8.